The molecule has 0 unspecified atom stereocenters. The molecule has 0 spiro atoms. The van der Waals surface area contributed by atoms with Crippen molar-refractivity contribution in [1.82, 2.24) is 14.8 Å². The molecule has 2 aromatic heterocycles. The standard InChI is InChI=1S/C21H20N4O3/c1-13(2)21-23-16-11-14(9-10-17(16)28-21)22-20(26)19-18(27-3)12-25(24-19)15-7-5-4-6-8-15/h4-13H,1-3H3,(H,22,26). The quantitative estimate of drug-likeness (QED) is 0.558. The predicted molar refractivity (Wildman–Crippen MR) is 106 cm³/mol. The minimum Gasteiger partial charge on any atom is -0.493 e. The molecule has 2 heterocycles. The second kappa shape index (κ2) is 7.19. The Balaban J connectivity index is 1.61. The highest BCUT2D eigenvalue weighted by atomic mass is 16.5. The lowest BCUT2D eigenvalue weighted by molar-refractivity contribution is 0.101. The predicted octanol–water partition coefficient (Wildman–Crippen LogP) is 4.40. The number of benzene rings is 2. The number of amides is 1. The Morgan fingerprint density at radius 1 is 1.18 bits per heavy atom. The highest BCUT2D eigenvalue weighted by Gasteiger charge is 2.19. The first-order valence-corrected chi connectivity index (χ1v) is 8.96. The number of aromatic nitrogens is 3. The number of ether oxygens (including phenoxy) is 1. The number of carbonyl (C=O) groups is 1. The van der Waals surface area contributed by atoms with Gasteiger partial charge in [0.1, 0.15) is 5.52 Å². The second-order valence-electron chi connectivity index (χ2n) is 6.67. The molecule has 2 aromatic carbocycles. The highest BCUT2D eigenvalue weighted by Crippen LogP contribution is 2.25. The van der Waals surface area contributed by atoms with E-state index in [1.165, 1.54) is 7.11 Å². The first kappa shape index (κ1) is 17.8. The van der Waals surface area contributed by atoms with Gasteiger partial charge in [0.05, 0.1) is 19.0 Å². The molecule has 0 aliphatic heterocycles. The van der Waals surface area contributed by atoms with Crippen LogP contribution in [0.1, 0.15) is 36.1 Å². The first-order chi connectivity index (χ1) is 13.5. The van der Waals surface area contributed by atoms with Gasteiger partial charge in [-0.05, 0) is 30.3 Å². The zero-order valence-corrected chi connectivity index (χ0v) is 15.8. The second-order valence-corrected chi connectivity index (χ2v) is 6.67. The van der Waals surface area contributed by atoms with E-state index in [4.69, 9.17) is 9.15 Å². The topological polar surface area (TPSA) is 82.2 Å². The van der Waals surface area contributed by atoms with Gasteiger partial charge >= 0.3 is 0 Å². The summed E-state index contributed by atoms with van der Waals surface area (Å²) in [5.74, 6) is 0.892. The number of hydrogen-bond donors (Lipinski definition) is 1. The number of hydrogen-bond acceptors (Lipinski definition) is 5. The molecule has 142 valence electrons. The van der Waals surface area contributed by atoms with Gasteiger partial charge in [-0.1, -0.05) is 32.0 Å². The highest BCUT2D eigenvalue weighted by molar-refractivity contribution is 6.05. The molecular weight excluding hydrogens is 356 g/mol. The van der Waals surface area contributed by atoms with Crippen molar-refractivity contribution in [3.05, 3.63) is 66.3 Å². The van der Waals surface area contributed by atoms with Crippen molar-refractivity contribution in [3.8, 4) is 11.4 Å². The first-order valence-electron chi connectivity index (χ1n) is 8.96. The van der Waals surface area contributed by atoms with Crippen LogP contribution < -0.4 is 10.1 Å². The lowest BCUT2D eigenvalue weighted by Crippen LogP contribution is -2.14. The summed E-state index contributed by atoms with van der Waals surface area (Å²) < 4.78 is 12.7. The molecule has 0 radical (unpaired) electrons. The van der Waals surface area contributed by atoms with Crippen LogP contribution in [0, 0.1) is 0 Å². The van der Waals surface area contributed by atoms with E-state index in [1.807, 2.05) is 44.2 Å². The number of rotatable bonds is 5. The summed E-state index contributed by atoms with van der Waals surface area (Å²) in [6.07, 6.45) is 1.68. The number of nitrogens with one attached hydrogen (secondary N) is 1. The van der Waals surface area contributed by atoms with E-state index in [9.17, 15) is 4.79 Å². The van der Waals surface area contributed by atoms with Gasteiger partial charge in [-0.15, -0.1) is 0 Å². The van der Waals surface area contributed by atoms with E-state index in [0.29, 0.717) is 28.4 Å². The van der Waals surface area contributed by atoms with Gasteiger partial charge in [0, 0.05) is 11.6 Å². The Hall–Kier alpha value is -3.61. The third-order valence-electron chi connectivity index (χ3n) is 4.29. The molecule has 7 nitrogen and oxygen atoms in total. The van der Waals surface area contributed by atoms with E-state index >= 15 is 0 Å². The van der Waals surface area contributed by atoms with E-state index in [0.717, 1.165) is 5.69 Å². The molecule has 4 rings (SSSR count). The van der Waals surface area contributed by atoms with E-state index < -0.39 is 0 Å². The van der Waals surface area contributed by atoms with Gasteiger partial charge in [0.25, 0.3) is 5.91 Å². The lowest BCUT2D eigenvalue weighted by Gasteiger charge is -2.04. The third-order valence-corrected chi connectivity index (χ3v) is 4.29. The smallest absolute Gasteiger partial charge is 0.280 e. The van der Waals surface area contributed by atoms with Crippen LogP contribution in [0.15, 0.2) is 59.1 Å². The molecule has 0 saturated heterocycles. The van der Waals surface area contributed by atoms with Gasteiger partial charge < -0.3 is 14.5 Å². The fourth-order valence-corrected chi connectivity index (χ4v) is 2.84. The zero-order valence-electron chi connectivity index (χ0n) is 15.8. The summed E-state index contributed by atoms with van der Waals surface area (Å²) in [5.41, 5.74) is 3.04. The van der Waals surface area contributed by atoms with Crippen molar-refractivity contribution in [2.24, 2.45) is 0 Å². The minimum absolute atomic E-state index is 0.191. The summed E-state index contributed by atoms with van der Waals surface area (Å²) in [6, 6.07) is 14.9. The number of methoxy groups -OCH3 is 1. The number of carbonyl (C=O) groups excluding carboxylic acids is 1. The number of nitrogens with zero attached hydrogens (tertiary/aromatic N) is 3. The normalized spacial score (nSPS) is 11.1. The largest absolute Gasteiger partial charge is 0.493 e. The van der Waals surface area contributed by atoms with Crippen molar-refractivity contribution >= 4 is 22.7 Å². The average Bonchev–Trinajstić information content (AvgIpc) is 3.32. The van der Waals surface area contributed by atoms with Gasteiger partial charge in [0.2, 0.25) is 0 Å². The molecule has 0 aliphatic rings. The molecule has 4 aromatic rings. The van der Waals surface area contributed by atoms with Gasteiger partial charge in [-0.2, -0.15) is 5.10 Å². The van der Waals surface area contributed by atoms with Gasteiger partial charge in [-0.25, -0.2) is 9.67 Å². The van der Waals surface area contributed by atoms with Gasteiger partial charge in [-0.3, -0.25) is 4.79 Å². The van der Waals surface area contributed by atoms with Crippen molar-refractivity contribution in [2.45, 2.75) is 19.8 Å². The minimum atomic E-state index is -0.363. The molecule has 0 aliphatic carbocycles. The van der Waals surface area contributed by atoms with Crippen molar-refractivity contribution in [2.75, 3.05) is 12.4 Å². The molecule has 0 bridgehead atoms. The lowest BCUT2D eigenvalue weighted by atomic mass is 10.2. The number of anilines is 1. The Morgan fingerprint density at radius 2 is 1.96 bits per heavy atom. The molecule has 0 saturated carbocycles. The van der Waals surface area contributed by atoms with Crippen LogP contribution >= 0.6 is 0 Å². The molecule has 7 heteroatoms. The zero-order chi connectivity index (χ0) is 19.7. The monoisotopic (exact) mass is 376 g/mol. The van der Waals surface area contributed by atoms with Crippen molar-refractivity contribution < 1.29 is 13.9 Å². The maximum absolute atomic E-state index is 12.8. The fraction of sp³-hybridized carbons (Fsp3) is 0.190. The Labute approximate surface area is 161 Å². The Bertz CT molecular complexity index is 1130. The maximum atomic E-state index is 12.8. The van der Waals surface area contributed by atoms with Crippen LogP contribution in [0.4, 0.5) is 5.69 Å². The van der Waals surface area contributed by atoms with Crippen LogP contribution in [-0.2, 0) is 0 Å². The summed E-state index contributed by atoms with van der Waals surface area (Å²) in [4.78, 5) is 17.2. The molecule has 1 amide bonds. The number of oxazole rings is 1. The average molecular weight is 376 g/mol. The van der Waals surface area contributed by atoms with Crippen LogP contribution in [0.2, 0.25) is 0 Å². The van der Waals surface area contributed by atoms with E-state index in [2.05, 4.69) is 15.4 Å². The van der Waals surface area contributed by atoms with Crippen LogP contribution in [0.25, 0.3) is 16.8 Å². The Morgan fingerprint density at radius 3 is 2.68 bits per heavy atom. The molecule has 0 fully saturated rings. The Kier molecular flexibility index (Phi) is 4.57. The van der Waals surface area contributed by atoms with Gasteiger partial charge in [0.15, 0.2) is 22.9 Å². The van der Waals surface area contributed by atoms with Crippen molar-refractivity contribution in [1.29, 1.82) is 0 Å². The molecule has 0 atom stereocenters. The molecule has 28 heavy (non-hydrogen) atoms. The van der Waals surface area contributed by atoms with Crippen molar-refractivity contribution in [3.63, 3.8) is 0 Å². The molecular formula is C21H20N4O3. The number of fused-ring (bicyclic) bond motifs is 1. The third kappa shape index (κ3) is 3.34. The molecule has 1 N–H and O–H groups in total. The summed E-state index contributed by atoms with van der Waals surface area (Å²) >= 11 is 0. The van der Waals surface area contributed by atoms with Crippen LogP contribution in [0.5, 0.6) is 5.75 Å². The summed E-state index contributed by atoms with van der Waals surface area (Å²) in [7, 11) is 1.51. The fourth-order valence-electron chi connectivity index (χ4n) is 2.84. The maximum Gasteiger partial charge on any atom is 0.280 e. The summed E-state index contributed by atoms with van der Waals surface area (Å²) in [6.45, 7) is 4.03. The summed E-state index contributed by atoms with van der Waals surface area (Å²) in [5, 5.41) is 7.23. The van der Waals surface area contributed by atoms with E-state index in [1.54, 1.807) is 29.1 Å². The SMILES string of the molecule is COc1cn(-c2ccccc2)nc1C(=O)Nc1ccc2oc(C(C)C)nc2c1. The van der Waals surface area contributed by atoms with Crippen LogP contribution in [0.3, 0.4) is 0 Å². The number of para-hydroxylation sites is 1. The van der Waals surface area contributed by atoms with E-state index in [-0.39, 0.29) is 17.5 Å². The van der Waals surface area contributed by atoms with Crippen LogP contribution in [-0.4, -0.2) is 27.8 Å².